The Morgan fingerprint density at radius 2 is 1.94 bits per heavy atom. The predicted molar refractivity (Wildman–Crippen MR) is 66.7 cm³/mol. The minimum atomic E-state index is -3.80. The van der Waals surface area contributed by atoms with E-state index < -0.39 is 14.9 Å². The number of hydrogen-bond donors (Lipinski definition) is 2. The van der Waals surface area contributed by atoms with Crippen molar-refractivity contribution in [2.45, 2.75) is 4.90 Å². The van der Waals surface area contributed by atoms with E-state index in [1.54, 1.807) is 0 Å². The number of sulfonamides is 1. The molecule has 0 aromatic heterocycles. The molecule has 0 spiro atoms. The van der Waals surface area contributed by atoms with Gasteiger partial charge in [-0.2, -0.15) is 0 Å². The molecule has 100 valence electrons. The van der Waals surface area contributed by atoms with Crippen molar-refractivity contribution in [1.29, 1.82) is 0 Å². The van der Waals surface area contributed by atoms with Gasteiger partial charge in [-0.25, -0.2) is 13.4 Å². The second kappa shape index (κ2) is 5.29. The summed E-state index contributed by atoms with van der Waals surface area (Å²) < 4.78 is 23.6. The smallest absolute Gasteiger partial charge is 0.293 e. The van der Waals surface area contributed by atoms with E-state index in [9.17, 15) is 18.5 Å². The molecule has 18 heavy (non-hydrogen) atoms. The van der Waals surface area contributed by atoms with Crippen molar-refractivity contribution >= 4 is 21.4 Å². The van der Waals surface area contributed by atoms with Crippen molar-refractivity contribution < 1.29 is 13.3 Å². The summed E-state index contributed by atoms with van der Waals surface area (Å²) >= 11 is 0. The first-order valence-corrected chi connectivity index (χ1v) is 6.42. The Bertz CT molecular complexity index is 556. The Morgan fingerprint density at radius 3 is 2.39 bits per heavy atom. The van der Waals surface area contributed by atoms with Crippen LogP contribution < -0.4 is 10.1 Å². The fraction of sp³-hybridized carbons (Fsp3) is 0.333. The van der Waals surface area contributed by atoms with Crippen LogP contribution in [0.2, 0.25) is 0 Å². The van der Waals surface area contributed by atoms with Crippen LogP contribution in [0.25, 0.3) is 0 Å². The molecule has 2 N–H and O–H groups in total. The van der Waals surface area contributed by atoms with Gasteiger partial charge in [0.2, 0.25) is 0 Å². The lowest BCUT2D eigenvalue weighted by Crippen LogP contribution is -2.36. The first-order chi connectivity index (χ1) is 8.27. The van der Waals surface area contributed by atoms with Crippen molar-refractivity contribution in [3.8, 4) is 0 Å². The van der Waals surface area contributed by atoms with Gasteiger partial charge in [0.05, 0.1) is 9.82 Å². The molecule has 0 atom stereocenters. The topological polar surface area (TPSA) is 105 Å². The molecular formula is C9H14N4O4S. The van der Waals surface area contributed by atoms with Gasteiger partial charge in [-0.05, 0) is 12.1 Å². The van der Waals surface area contributed by atoms with Gasteiger partial charge >= 0.3 is 0 Å². The van der Waals surface area contributed by atoms with Crippen molar-refractivity contribution in [3.63, 3.8) is 0 Å². The molecule has 0 unspecified atom stereocenters. The summed E-state index contributed by atoms with van der Waals surface area (Å²) in [6.07, 6.45) is 0. The second-order valence-corrected chi connectivity index (χ2v) is 5.34. The van der Waals surface area contributed by atoms with Crippen LogP contribution in [0.5, 0.6) is 0 Å². The lowest BCUT2D eigenvalue weighted by Gasteiger charge is -2.12. The van der Waals surface area contributed by atoms with E-state index in [4.69, 9.17) is 0 Å². The number of benzene rings is 1. The van der Waals surface area contributed by atoms with Gasteiger partial charge in [0.15, 0.2) is 0 Å². The summed E-state index contributed by atoms with van der Waals surface area (Å²) in [4.78, 5) is 12.2. The molecule has 0 bridgehead atoms. The number of anilines is 1. The van der Waals surface area contributed by atoms with Gasteiger partial charge in [-0.3, -0.25) is 10.1 Å². The Morgan fingerprint density at radius 1 is 1.33 bits per heavy atom. The van der Waals surface area contributed by atoms with E-state index in [1.165, 1.54) is 38.3 Å². The standard InChI is InChI=1S/C9H14N4O4S/c1-10-8-5-4-7(6-9(8)13(14)15)18(16,17)11-12(2)3/h4-6,10-11H,1-3H3. The molecule has 0 aliphatic rings. The Labute approximate surface area is 105 Å². The number of rotatable bonds is 5. The minimum Gasteiger partial charge on any atom is -0.383 e. The zero-order valence-electron chi connectivity index (χ0n) is 10.2. The van der Waals surface area contributed by atoms with Crippen LogP contribution in [0, 0.1) is 10.1 Å². The summed E-state index contributed by atoms with van der Waals surface area (Å²) in [5.74, 6) is 0. The molecular weight excluding hydrogens is 260 g/mol. The number of hydrazine groups is 1. The summed E-state index contributed by atoms with van der Waals surface area (Å²) in [6, 6.07) is 3.66. The highest BCUT2D eigenvalue weighted by molar-refractivity contribution is 7.89. The molecule has 1 aromatic rings. The number of nitrogens with zero attached hydrogens (tertiary/aromatic N) is 2. The van der Waals surface area contributed by atoms with Crippen LogP contribution in [0.15, 0.2) is 23.1 Å². The number of nitrogens with one attached hydrogen (secondary N) is 2. The number of nitro groups is 1. The summed E-state index contributed by atoms with van der Waals surface area (Å²) in [6.45, 7) is 0. The lowest BCUT2D eigenvalue weighted by molar-refractivity contribution is -0.384. The normalized spacial score (nSPS) is 11.6. The quantitative estimate of drug-likeness (QED) is 0.594. The monoisotopic (exact) mass is 274 g/mol. The fourth-order valence-corrected chi connectivity index (χ4v) is 2.43. The maximum absolute atomic E-state index is 11.8. The molecule has 0 radical (unpaired) electrons. The Hall–Kier alpha value is -1.71. The van der Waals surface area contributed by atoms with Gasteiger partial charge in [-0.15, -0.1) is 4.83 Å². The van der Waals surface area contributed by atoms with Crippen LogP contribution in [-0.4, -0.2) is 39.5 Å². The fourth-order valence-electron chi connectivity index (χ4n) is 1.33. The van der Waals surface area contributed by atoms with Crippen LogP contribution >= 0.6 is 0 Å². The zero-order chi connectivity index (χ0) is 13.9. The third-order valence-corrected chi connectivity index (χ3v) is 3.53. The third-order valence-electron chi connectivity index (χ3n) is 2.05. The van der Waals surface area contributed by atoms with Gasteiger partial charge < -0.3 is 5.32 Å². The molecule has 9 heteroatoms. The highest BCUT2D eigenvalue weighted by Crippen LogP contribution is 2.26. The van der Waals surface area contributed by atoms with Crippen LogP contribution in [-0.2, 0) is 10.0 Å². The Kier molecular flexibility index (Phi) is 4.22. The average Bonchev–Trinajstić information content (AvgIpc) is 2.26. The summed E-state index contributed by atoms with van der Waals surface area (Å²) in [5.41, 5.74) is -0.0389. The van der Waals surface area contributed by atoms with Gasteiger partial charge in [0.1, 0.15) is 5.69 Å². The zero-order valence-corrected chi connectivity index (χ0v) is 11.0. The van der Waals surface area contributed by atoms with E-state index in [1.807, 2.05) is 0 Å². The molecule has 8 nitrogen and oxygen atoms in total. The molecule has 0 saturated heterocycles. The summed E-state index contributed by atoms with van der Waals surface area (Å²) in [7, 11) is 0.741. The number of hydrogen-bond acceptors (Lipinski definition) is 6. The van der Waals surface area contributed by atoms with Gasteiger partial charge in [0.25, 0.3) is 15.7 Å². The molecule has 0 heterocycles. The van der Waals surface area contributed by atoms with Crippen molar-refractivity contribution in [2.24, 2.45) is 0 Å². The molecule has 1 rings (SSSR count). The van der Waals surface area contributed by atoms with Crippen LogP contribution in [0.1, 0.15) is 0 Å². The SMILES string of the molecule is CNc1ccc(S(=O)(=O)NN(C)C)cc1[N+](=O)[O-]. The van der Waals surface area contributed by atoms with Crippen LogP contribution in [0.3, 0.4) is 0 Å². The first kappa shape index (κ1) is 14.4. The van der Waals surface area contributed by atoms with Gasteiger partial charge in [0, 0.05) is 27.2 Å². The van der Waals surface area contributed by atoms with Crippen molar-refractivity contribution in [3.05, 3.63) is 28.3 Å². The molecule has 0 aliphatic carbocycles. The van der Waals surface area contributed by atoms with Crippen molar-refractivity contribution in [2.75, 3.05) is 26.5 Å². The molecule has 0 amide bonds. The van der Waals surface area contributed by atoms with E-state index in [0.717, 1.165) is 6.07 Å². The molecule has 0 aliphatic heterocycles. The van der Waals surface area contributed by atoms with Crippen molar-refractivity contribution in [1.82, 2.24) is 9.84 Å². The maximum atomic E-state index is 11.8. The number of nitro benzene ring substituents is 1. The minimum absolute atomic E-state index is 0.165. The Balaban J connectivity index is 3.28. The largest absolute Gasteiger partial charge is 0.383 e. The molecule has 0 fully saturated rings. The van der Waals surface area contributed by atoms with E-state index >= 15 is 0 Å². The highest BCUT2D eigenvalue weighted by atomic mass is 32.2. The third kappa shape index (κ3) is 3.15. The summed E-state index contributed by atoms with van der Waals surface area (Å²) in [5, 5.41) is 14.7. The van der Waals surface area contributed by atoms with Gasteiger partial charge in [-0.1, -0.05) is 0 Å². The second-order valence-electron chi connectivity index (χ2n) is 3.68. The first-order valence-electron chi connectivity index (χ1n) is 4.94. The average molecular weight is 274 g/mol. The van der Waals surface area contributed by atoms with E-state index in [2.05, 4.69) is 10.1 Å². The molecule has 0 saturated carbocycles. The van der Waals surface area contributed by atoms with E-state index in [0.29, 0.717) is 0 Å². The van der Waals surface area contributed by atoms with Crippen LogP contribution in [0.4, 0.5) is 11.4 Å². The molecule has 1 aromatic carbocycles. The predicted octanol–water partition coefficient (Wildman–Crippen LogP) is 0.391. The maximum Gasteiger partial charge on any atom is 0.293 e. The van der Waals surface area contributed by atoms with E-state index in [-0.39, 0.29) is 16.3 Å². The lowest BCUT2D eigenvalue weighted by atomic mass is 10.3. The highest BCUT2D eigenvalue weighted by Gasteiger charge is 2.21.